The number of carbonyl (C=O) groups is 2. The van der Waals surface area contributed by atoms with Crippen molar-refractivity contribution in [2.24, 2.45) is 0 Å². The number of carbonyl (C=O) groups excluding carboxylic acids is 2. The Labute approximate surface area is 228 Å². The molecule has 0 bridgehead atoms. The van der Waals surface area contributed by atoms with Crippen molar-refractivity contribution in [2.45, 2.75) is 32.9 Å². The number of nitrogens with zero attached hydrogens (tertiary/aromatic N) is 3. The standard InChI is InChI=1S/C28H32N4O6S/c1-20-10-13-23(14-11-20)18-30(26(28(34)29-3)16-22-8-6-5-7-9-22)27(33)19-31(39(4,37)38)25-17-24(32(35)36)15-12-21(25)2/h5-15,17,26H,16,18-19H2,1-4H3,(H,29,34)/t26-/m1/s1. The third-order valence-corrected chi connectivity index (χ3v) is 7.47. The monoisotopic (exact) mass is 552 g/mol. The van der Waals surface area contributed by atoms with Crippen molar-refractivity contribution in [3.8, 4) is 0 Å². The van der Waals surface area contributed by atoms with E-state index in [4.69, 9.17) is 0 Å². The molecule has 0 fully saturated rings. The van der Waals surface area contributed by atoms with Crippen molar-refractivity contribution < 1.29 is 22.9 Å². The second-order valence-corrected chi connectivity index (χ2v) is 11.2. The summed E-state index contributed by atoms with van der Waals surface area (Å²) < 4.78 is 26.6. The van der Waals surface area contributed by atoms with Crippen LogP contribution in [-0.2, 0) is 32.6 Å². The Balaban J connectivity index is 2.07. The van der Waals surface area contributed by atoms with Crippen LogP contribution in [0.25, 0.3) is 0 Å². The van der Waals surface area contributed by atoms with Gasteiger partial charge in [-0.25, -0.2) is 8.42 Å². The van der Waals surface area contributed by atoms with Crippen LogP contribution in [0, 0.1) is 24.0 Å². The second kappa shape index (κ2) is 12.5. The maximum atomic E-state index is 13.9. The number of non-ortho nitro benzene ring substituents is 1. The van der Waals surface area contributed by atoms with Crippen LogP contribution in [0.3, 0.4) is 0 Å². The minimum atomic E-state index is -4.04. The Bertz CT molecular complexity index is 1440. The van der Waals surface area contributed by atoms with E-state index in [1.165, 1.54) is 24.1 Å². The van der Waals surface area contributed by atoms with Gasteiger partial charge in [-0.2, -0.15) is 0 Å². The number of nitro groups is 1. The van der Waals surface area contributed by atoms with Crippen molar-refractivity contribution in [1.29, 1.82) is 0 Å². The average molecular weight is 553 g/mol. The van der Waals surface area contributed by atoms with Crippen LogP contribution >= 0.6 is 0 Å². The summed E-state index contributed by atoms with van der Waals surface area (Å²) in [6, 6.07) is 19.6. The summed E-state index contributed by atoms with van der Waals surface area (Å²) in [6.07, 6.45) is 1.13. The van der Waals surface area contributed by atoms with E-state index in [1.807, 2.05) is 61.5 Å². The number of nitrogens with one attached hydrogen (secondary N) is 1. The number of rotatable bonds is 11. The zero-order valence-corrected chi connectivity index (χ0v) is 23.1. The minimum Gasteiger partial charge on any atom is -0.357 e. The van der Waals surface area contributed by atoms with Crippen molar-refractivity contribution in [3.63, 3.8) is 0 Å². The number of benzene rings is 3. The zero-order valence-electron chi connectivity index (χ0n) is 22.3. The first-order valence-electron chi connectivity index (χ1n) is 12.2. The highest BCUT2D eigenvalue weighted by Crippen LogP contribution is 2.28. The third-order valence-electron chi connectivity index (χ3n) is 6.34. The van der Waals surface area contributed by atoms with E-state index in [0.29, 0.717) is 5.56 Å². The van der Waals surface area contributed by atoms with E-state index in [9.17, 15) is 28.1 Å². The van der Waals surface area contributed by atoms with Gasteiger partial charge in [0.05, 0.1) is 16.9 Å². The van der Waals surface area contributed by atoms with Crippen LogP contribution in [0.4, 0.5) is 11.4 Å². The van der Waals surface area contributed by atoms with Crippen molar-refractivity contribution in [1.82, 2.24) is 10.2 Å². The number of amides is 2. The van der Waals surface area contributed by atoms with E-state index in [0.717, 1.165) is 33.3 Å². The lowest BCUT2D eigenvalue weighted by Crippen LogP contribution is -2.53. The first-order valence-corrected chi connectivity index (χ1v) is 14.1. The van der Waals surface area contributed by atoms with Crippen molar-refractivity contribution in [3.05, 3.63) is 105 Å². The zero-order chi connectivity index (χ0) is 28.7. The van der Waals surface area contributed by atoms with Crippen molar-refractivity contribution in [2.75, 3.05) is 24.2 Å². The van der Waals surface area contributed by atoms with Crippen LogP contribution in [0.5, 0.6) is 0 Å². The number of hydrogen-bond donors (Lipinski definition) is 1. The van der Waals surface area contributed by atoms with Gasteiger partial charge in [0.1, 0.15) is 12.6 Å². The summed E-state index contributed by atoms with van der Waals surface area (Å²) in [4.78, 5) is 39.2. The fraction of sp³-hybridized carbons (Fsp3) is 0.286. The summed E-state index contributed by atoms with van der Waals surface area (Å²) in [6.45, 7) is 2.94. The summed E-state index contributed by atoms with van der Waals surface area (Å²) in [5.41, 5.74) is 2.76. The normalized spacial score (nSPS) is 11.9. The lowest BCUT2D eigenvalue weighted by molar-refractivity contribution is -0.384. The number of likely N-dealkylation sites (N-methyl/N-ethyl adjacent to an activating group) is 1. The first kappa shape index (κ1) is 29.3. The van der Waals surface area contributed by atoms with E-state index in [2.05, 4.69) is 5.32 Å². The molecular formula is C28H32N4O6S. The van der Waals surface area contributed by atoms with Crippen LogP contribution in [0.15, 0.2) is 72.8 Å². The van der Waals surface area contributed by atoms with Gasteiger partial charge in [0.25, 0.3) is 5.69 Å². The van der Waals surface area contributed by atoms with Crippen LogP contribution < -0.4 is 9.62 Å². The molecule has 0 aliphatic rings. The highest BCUT2D eigenvalue weighted by Gasteiger charge is 2.33. The molecule has 0 heterocycles. The molecule has 0 spiro atoms. The lowest BCUT2D eigenvalue weighted by Gasteiger charge is -2.33. The molecule has 39 heavy (non-hydrogen) atoms. The quantitative estimate of drug-likeness (QED) is 0.287. The van der Waals surface area contributed by atoms with Crippen LogP contribution in [-0.4, -0.2) is 55.9 Å². The van der Waals surface area contributed by atoms with Gasteiger partial charge in [-0.3, -0.25) is 24.0 Å². The summed E-state index contributed by atoms with van der Waals surface area (Å²) in [5, 5.41) is 14.0. The molecule has 1 atom stereocenters. The molecule has 0 aliphatic carbocycles. The van der Waals surface area contributed by atoms with Gasteiger partial charge < -0.3 is 10.2 Å². The Kier molecular flexibility index (Phi) is 9.42. The maximum Gasteiger partial charge on any atom is 0.271 e. The number of hydrogen-bond acceptors (Lipinski definition) is 6. The largest absolute Gasteiger partial charge is 0.357 e. The molecule has 0 saturated carbocycles. The Morgan fingerprint density at radius 1 is 0.974 bits per heavy atom. The molecule has 206 valence electrons. The van der Waals surface area contributed by atoms with Gasteiger partial charge in [-0.1, -0.05) is 66.2 Å². The van der Waals surface area contributed by atoms with Gasteiger partial charge in [0.2, 0.25) is 21.8 Å². The molecule has 11 heteroatoms. The SMILES string of the molecule is CNC(=O)[C@@H](Cc1ccccc1)N(Cc1ccc(C)cc1)C(=O)CN(c1cc([N+](=O)[O-])ccc1C)S(C)(=O)=O. The molecule has 3 aromatic carbocycles. The molecule has 1 N–H and O–H groups in total. The highest BCUT2D eigenvalue weighted by molar-refractivity contribution is 7.92. The van der Waals surface area contributed by atoms with E-state index < -0.39 is 39.3 Å². The molecule has 2 amide bonds. The van der Waals surface area contributed by atoms with Gasteiger partial charge in [0.15, 0.2) is 0 Å². The molecule has 0 saturated heterocycles. The first-order chi connectivity index (χ1) is 18.4. The molecule has 0 aliphatic heterocycles. The number of sulfonamides is 1. The fourth-order valence-electron chi connectivity index (χ4n) is 4.19. The lowest BCUT2D eigenvalue weighted by atomic mass is 10.0. The van der Waals surface area contributed by atoms with Gasteiger partial charge in [-0.05, 0) is 30.5 Å². The molecule has 0 radical (unpaired) electrons. The second-order valence-electron chi connectivity index (χ2n) is 9.32. The topological polar surface area (TPSA) is 130 Å². The predicted molar refractivity (Wildman–Crippen MR) is 150 cm³/mol. The third kappa shape index (κ3) is 7.64. The molecule has 3 rings (SSSR count). The number of anilines is 1. The number of aryl methyl sites for hydroxylation is 2. The van der Waals surface area contributed by atoms with Crippen LogP contribution in [0.1, 0.15) is 22.3 Å². The molecule has 0 unspecified atom stereocenters. The Morgan fingerprint density at radius 2 is 1.62 bits per heavy atom. The van der Waals surface area contributed by atoms with Gasteiger partial charge in [-0.15, -0.1) is 0 Å². The average Bonchev–Trinajstić information content (AvgIpc) is 2.90. The molecule has 0 aromatic heterocycles. The van der Waals surface area contributed by atoms with E-state index in [1.54, 1.807) is 6.92 Å². The van der Waals surface area contributed by atoms with E-state index in [-0.39, 0.29) is 24.3 Å². The van der Waals surface area contributed by atoms with Crippen molar-refractivity contribution >= 4 is 33.2 Å². The van der Waals surface area contributed by atoms with Gasteiger partial charge >= 0.3 is 0 Å². The Morgan fingerprint density at radius 3 is 2.18 bits per heavy atom. The van der Waals surface area contributed by atoms with Crippen LogP contribution in [0.2, 0.25) is 0 Å². The number of nitro benzene ring substituents is 1. The molecular weight excluding hydrogens is 520 g/mol. The summed E-state index contributed by atoms with van der Waals surface area (Å²) in [7, 11) is -2.56. The molecule has 10 nitrogen and oxygen atoms in total. The van der Waals surface area contributed by atoms with E-state index >= 15 is 0 Å². The summed E-state index contributed by atoms with van der Waals surface area (Å²) >= 11 is 0. The fourth-order valence-corrected chi connectivity index (χ4v) is 5.08. The predicted octanol–water partition coefficient (Wildman–Crippen LogP) is 3.36. The smallest absolute Gasteiger partial charge is 0.271 e. The maximum absolute atomic E-state index is 13.9. The highest BCUT2D eigenvalue weighted by atomic mass is 32.2. The minimum absolute atomic E-state index is 0.0230. The Hall–Kier alpha value is -4.25. The van der Waals surface area contributed by atoms with Gasteiger partial charge in [0, 0.05) is 32.1 Å². The molecule has 3 aromatic rings. The summed E-state index contributed by atoms with van der Waals surface area (Å²) in [5.74, 6) is -1.03.